The topological polar surface area (TPSA) is 60.2 Å². The van der Waals surface area contributed by atoms with Gasteiger partial charge in [0.05, 0.1) is 4.92 Å². The van der Waals surface area contributed by atoms with E-state index < -0.39 is 22.3 Å². The molecular formula is C16H11F2NO3. The SMILES string of the molecule is Cc1ccc(C(=O)/C=C/c2cc(F)ccc2F)cc1[N+](=O)[O-]. The number of aryl methyl sites for hydroxylation is 1. The monoisotopic (exact) mass is 303 g/mol. The van der Waals surface area contributed by atoms with Crippen LogP contribution in [0.1, 0.15) is 21.5 Å². The first-order valence-electron chi connectivity index (χ1n) is 6.31. The molecule has 0 radical (unpaired) electrons. The molecule has 0 saturated carbocycles. The maximum absolute atomic E-state index is 13.4. The van der Waals surface area contributed by atoms with Gasteiger partial charge in [-0.25, -0.2) is 8.78 Å². The summed E-state index contributed by atoms with van der Waals surface area (Å²) in [5.41, 5.74) is 0.290. The Morgan fingerprint density at radius 2 is 1.91 bits per heavy atom. The standard InChI is InChI=1S/C16H11F2NO3/c1-10-2-3-12(9-15(10)19(21)22)16(20)7-4-11-8-13(17)5-6-14(11)18/h2-9H,1H3/b7-4+. The maximum atomic E-state index is 13.4. The lowest BCUT2D eigenvalue weighted by Crippen LogP contribution is -1.98. The van der Waals surface area contributed by atoms with Crippen LogP contribution < -0.4 is 0 Å². The van der Waals surface area contributed by atoms with Crippen LogP contribution >= 0.6 is 0 Å². The van der Waals surface area contributed by atoms with Crippen molar-refractivity contribution >= 4 is 17.5 Å². The number of hydrogen-bond acceptors (Lipinski definition) is 3. The summed E-state index contributed by atoms with van der Waals surface area (Å²) >= 11 is 0. The van der Waals surface area contributed by atoms with Gasteiger partial charge in [-0.15, -0.1) is 0 Å². The van der Waals surface area contributed by atoms with Crippen molar-refractivity contribution in [1.29, 1.82) is 0 Å². The van der Waals surface area contributed by atoms with Crippen LogP contribution in [0.4, 0.5) is 14.5 Å². The molecule has 0 aliphatic carbocycles. The Hall–Kier alpha value is -2.89. The zero-order chi connectivity index (χ0) is 16.3. The molecule has 4 nitrogen and oxygen atoms in total. The zero-order valence-corrected chi connectivity index (χ0v) is 11.5. The number of allylic oxidation sites excluding steroid dienone is 1. The van der Waals surface area contributed by atoms with Gasteiger partial charge in [-0.2, -0.15) is 0 Å². The van der Waals surface area contributed by atoms with E-state index in [1.807, 2.05) is 0 Å². The molecule has 0 bridgehead atoms. The molecular weight excluding hydrogens is 292 g/mol. The molecule has 0 aromatic heterocycles. The fourth-order valence-electron chi connectivity index (χ4n) is 1.86. The fraction of sp³-hybridized carbons (Fsp3) is 0.0625. The molecule has 0 unspecified atom stereocenters. The summed E-state index contributed by atoms with van der Waals surface area (Å²) in [6.07, 6.45) is 2.18. The van der Waals surface area contributed by atoms with Crippen LogP contribution in [0.2, 0.25) is 0 Å². The molecule has 0 N–H and O–H groups in total. The van der Waals surface area contributed by atoms with Crippen molar-refractivity contribution in [2.45, 2.75) is 6.92 Å². The highest BCUT2D eigenvalue weighted by molar-refractivity contribution is 6.07. The highest BCUT2D eigenvalue weighted by atomic mass is 19.1. The van der Waals surface area contributed by atoms with Crippen molar-refractivity contribution in [1.82, 2.24) is 0 Å². The van der Waals surface area contributed by atoms with Crippen LogP contribution in [0.25, 0.3) is 6.08 Å². The fourth-order valence-corrected chi connectivity index (χ4v) is 1.86. The molecule has 0 amide bonds. The van der Waals surface area contributed by atoms with E-state index in [0.29, 0.717) is 5.56 Å². The zero-order valence-electron chi connectivity index (χ0n) is 11.5. The Bertz CT molecular complexity index is 785. The molecule has 0 atom stereocenters. The van der Waals surface area contributed by atoms with Gasteiger partial charge in [0.25, 0.3) is 5.69 Å². The van der Waals surface area contributed by atoms with Gasteiger partial charge in [0.1, 0.15) is 11.6 Å². The number of carbonyl (C=O) groups excluding carboxylic acids is 1. The molecule has 112 valence electrons. The minimum Gasteiger partial charge on any atom is -0.289 e. The van der Waals surface area contributed by atoms with E-state index in [1.54, 1.807) is 6.92 Å². The summed E-state index contributed by atoms with van der Waals surface area (Å²) in [5, 5.41) is 10.8. The molecule has 0 saturated heterocycles. The van der Waals surface area contributed by atoms with Crippen LogP contribution in [-0.2, 0) is 0 Å². The number of nitro groups is 1. The van der Waals surface area contributed by atoms with Crippen LogP contribution in [0.5, 0.6) is 0 Å². The van der Waals surface area contributed by atoms with Gasteiger partial charge < -0.3 is 0 Å². The smallest absolute Gasteiger partial charge is 0.273 e. The maximum Gasteiger partial charge on any atom is 0.273 e. The molecule has 22 heavy (non-hydrogen) atoms. The summed E-state index contributed by atoms with van der Waals surface area (Å²) in [7, 11) is 0. The molecule has 2 rings (SSSR count). The number of nitro benzene ring substituents is 1. The second kappa shape index (κ2) is 6.26. The Labute approximate surface area is 124 Å². The van der Waals surface area contributed by atoms with E-state index >= 15 is 0 Å². The quantitative estimate of drug-likeness (QED) is 0.370. The minimum absolute atomic E-state index is 0.0741. The van der Waals surface area contributed by atoms with Crippen molar-refractivity contribution in [2.75, 3.05) is 0 Å². The Morgan fingerprint density at radius 1 is 1.18 bits per heavy atom. The number of carbonyl (C=O) groups is 1. The van der Waals surface area contributed by atoms with Crippen molar-refractivity contribution in [2.24, 2.45) is 0 Å². The highest BCUT2D eigenvalue weighted by Gasteiger charge is 2.13. The molecule has 2 aromatic carbocycles. The first-order valence-corrected chi connectivity index (χ1v) is 6.31. The predicted molar refractivity (Wildman–Crippen MR) is 77.6 cm³/mol. The summed E-state index contributed by atoms with van der Waals surface area (Å²) in [4.78, 5) is 22.2. The first kappa shape index (κ1) is 15.5. The Balaban J connectivity index is 2.29. The van der Waals surface area contributed by atoms with E-state index in [0.717, 1.165) is 36.4 Å². The van der Waals surface area contributed by atoms with Gasteiger partial charge in [-0.05, 0) is 37.3 Å². The van der Waals surface area contributed by atoms with E-state index in [1.165, 1.54) is 12.1 Å². The third-order valence-corrected chi connectivity index (χ3v) is 3.06. The van der Waals surface area contributed by atoms with Crippen molar-refractivity contribution in [3.8, 4) is 0 Å². The van der Waals surface area contributed by atoms with Gasteiger partial charge >= 0.3 is 0 Å². The summed E-state index contributed by atoms with van der Waals surface area (Å²) in [5.74, 6) is -1.83. The Morgan fingerprint density at radius 3 is 2.59 bits per heavy atom. The molecule has 0 spiro atoms. The first-order chi connectivity index (χ1) is 10.4. The van der Waals surface area contributed by atoms with E-state index in [9.17, 15) is 23.7 Å². The van der Waals surface area contributed by atoms with Crippen LogP contribution in [0, 0.1) is 28.7 Å². The lowest BCUT2D eigenvalue weighted by molar-refractivity contribution is -0.385. The van der Waals surface area contributed by atoms with Crippen LogP contribution in [0.15, 0.2) is 42.5 Å². The number of ketones is 1. The lowest BCUT2D eigenvalue weighted by Gasteiger charge is -2.00. The molecule has 0 aliphatic rings. The predicted octanol–water partition coefficient (Wildman–Crippen LogP) is 4.08. The number of benzene rings is 2. The van der Waals surface area contributed by atoms with Crippen molar-refractivity contribution < 1.29 is 18.5 Å². The Kier molecular flexibility index (Phi) is 4.41. The number of nitrogens with zero attached hydrogens (tertiary/aromatic N) is 1. The van der Waals surface area contributed by atoms with Gasteiger partial charge in [0.2, 0.25) is 0 Å². The molecule has 0 heterocycles. The van der Waals surface area contributed by atoms with E-state index in [2.05, 4.69) is 0 Å². The third kappa shape index (κ3) is 3.41. The largest absolute Gasteiger partial charge is 0.289 e. The molecule has 0 aliphatic heterocycles. The van der Waals surface area contributed by atoms with Crippen LogP contribution in [-0.4, -0.2) is 10.7 Å². The second-order valence-corrected chi connectivity index (χ2v) is 4.62. The number of hydrogen-bond donors (Lipinski definition) is 0. The van der Waals surface area contributed by atoms with Gasteiger partial charge in [0, 0.05) is 22.8 Å². The average Bonchev–Trinajstić information content (AvgIpc) is 2.48. The average molecular weight is 303 g/mol. The van der Waals surface area contributed by atoms with Gasteiger partial charge in [-0.3, -0.25) is 14.9 Å². The van der Waals surface area contributed by atoms with Gasteiger partial charge in [0.15, 0.2) is 5.78 Å². The third-order valence-electron chi connectivity index (χ3n) is 3.06. The van der Waals surface area contributed by atoms with Crippen molar-refractivity contribution in [3.63, 3.8) is 0 Å². The highest BCUT2D eigenvalue weighted by Crippen LogP contribution is 2.20. The minimum atomic E-state index is -0.666. The van der Waals surface area contributed by atoms with E-state index in [4.69, 9.17) is 0 Å². The summed E-state index contributed by atoms with van der Waals surface area (Å²) < 4.78 is 26.4. The molecule has 6 heteroatoms. The second-order valence-electron chi connectivity index (χ2n) is 4.62. The summed E-state index contributed by atoms with van der Waals surface area (Å²) in [6.45, 7) is 1.56. The van der Waals surface area contributed by atoms with Gasteiger partial charge in [-0.1, -0.05) is 12.1 Å². The lowest BCUT2D eigenvalue weighted by atomic mass is 10.1. The molecule has 0 fully saturated rings. The van der Waals surface area contributed by atoms with Crippen molar-refractivity contribution in [3.05, 3.63) is 80.9 Å². The summed E-state index contributed by atoms with van der Waals surface area (Å²) in [6, 6.07) is 6.94. The van der Waals surface area contributed by atoms with Crippen LogP contribution in [0.3, 0.4) is 0 Å². The normalized spacial score (nSPS) is 10.9. The molecule has 2 aromatic rings. The number of rotatable bonds is 4. The number of halogens is 2. The van der Waals surface area contributed by atoms with E-state index in [-0.39, 0.29) is 16.8 Å².